The molecule has 0 aromatic heterocycles. The second-order valence-electron chi connectivity index (χ2n) is 4.95. The van der Waals surface area contributed by atoms with Crippen molar-refractivity contribution in [3.8, 4) is 0 Å². The number of amides is 2. The van der Waals surface area contributed by atoms with Crippen molar-refractivity contribution in [2.24, 2.45) is 5.92 Å². The van der Waals surface area contributed by atoms with Gasteiger partial charge in [-0.25, -0.2) is 9.59 Å². The summed E-state index contributed by atoms with van der Waals surface area (Å²) in [5.41, 5.74) is 1.49. The summed E-state index contributed by atoms with van der Waals surface area (Å²) in [4.78, 5) is 23.7. The molecular weight excluding hydrogens is 292 g/mol. The minimum Gasteiger partial charge on any atom is -0.467 e. The number of anilines is 1. The van der Waals surface area contributed by atoms with Gasteiger partial charge in [-0.15, -0.1) is 0 Å². The SMILES string of the molecule is CC[C@@H](C)[C@H](NC(=O)Nc1ccc(C)c(Cl)c1)C(=O)OC. The number of halogens is 1. The van der Waals surface area contributed by atoms with Gasteiger partial charge in [0.1, 0.15) is 6.04 Å². The molecule has 0 radical (unpaired) electrons. The van der Waals surface area contributed by atoms with Gasteiger partial charge in [0.05, 0.1) is 7.11 Å². The summed E-state index contributed by atoms with van der Waals surface area (Å²) < 4.78 is 4.72. The molecule has 116 valence electrons. The van der Waals surface area contributed by atoms with Gasteiger partial charge in [-0.3, -0.25) is 0 Å². The lowest BCUT2D eigenvalue weighted by Gasteiger charge is -2.22. The van der Waals surface area contributed by atoms with Crippen LogP contribution in [0.1, 0.15) is 25.8 Å². The summed E-state index contributed by atoms with van der Waals surface area (Å²) in [7, 11) is 1.30. The molecule has 1 aromatic carbocycles. The third-order valence-electron chi connectivity index (χ3n) is 3.38. The third kappa shape index (κ3) is 4.93. The average molecular weight is 313 g/mol. The Balaban J connectivity index is 2.73. The van der Waals surface area contributed by atoms with Crippen molar-refractivity contribution in [2.45, 2.75) is 33.2 Å². The maximum Gasteiger partial charge on any atom is 0.328 e. The molecule has 2 atom stereocenters. The van der Waals surface area contributed by atoms with Crippen LogP contribution in [0.15, 0.2) is 18.2 Å². The number of carbonyl (C=O) groups is 2. The van der Waals surface area contributed by atoms with Crippen LogP contribution in [0.25, 0.3) is 0 Å². The van der Waals surface area contributed by atoms with Crippen molar-refractivity contribution in [3.05, 3.63) is 28.8 Å². The van der Waals surface area contributed by atoms with E-state index in [9.17, 15) is 9.59 Å². The van der Waals surface area contributed by atoms with E-state index < -0.39 is 18.0 Å². The zero-order valence-electron chi connectivity index (χ0n) is 12.7. The number of carbonyl (C=O) groups excluding carboxylic acids is 2. The molecule has 0 saturated carbocycles. The van der Waals surface area contributed by atoms with E-state index in [4.69, 9.17) is 16.3 Å². The minimum absolute atomic E-state index is 0.0233. The summed E-state index contributed by atoms with van der Waals surface area (Å²) in [5.74, 6) is -0.480. The predicted octanol–water partition coefficient (Wildman–Crippen LogP) is 3.36. The number of ether oxygens (including phenoxy) is 1. The molecule has 0 unspecified atom stereocenters. The summed E-state index contributed by atoms with van der Waals surface area (Å²) in [6, 6.07) is 4.07. The second-order valence-corrected chi connectivity index (χ2v) is 5.36. The zero-order valence-corrected chi connectivity index (χ0v) is 13.5. The highest BCUT2D eigenvalue weighted by atomic mass is 35.5. The molecule has 0 fully saturated rings. The fourth-order valence-corrected chi connectivity index (χ4v) is 1.96. The Bertz CT molecular complexity index is 520. The highest BCUT2D eigenvalue weighted by Crippen LogP contribution is 2.20. The third-order valence-corrected chi connectivity index (χ3v) is 3.79. The van der Waals surface area contributed by atoms with Gasteiger partial charge >= 0.3 is 12.0 Å². The molecule has 21 heavy (non-hydrogen) atoms. The fourth-order valence-electron chi connectivity index (χ4n) is 1.78. The van der Waals surface area contributed by atoms with Crippen LogP contribution in [0.4, 0.5) is 10.5 Å². The molecule has 0 heterocycles. The first-order chi connectivity index (χ1) is 9.88. The number of benzene rings is 1. The molecule has 0 bridgehead atoms. The minimum atomic E-state index is -0.680. The van der Waals surface area contributed by atoms with E-state index in [1.807, 2.05) is 26.8 Å². The van der Waals surface area contributed by atoms with Gasteiger partial charge in [0.25, 0.3) is 0 Å². The Morgan fingerprint density at radius 1 is 1.38 bits per heavy atom. The molecule has 5 nitrogen and oxygen atoms in total. The van der Waals surface area contributed by atoms with Gasteiger partial charge in [0.15, 0.2) is 0 Å². The van der Waals surface area contributed by atoms with Crippen LogP contribution in [0.3, 0.4) is 0 Å². The largest absolute Gasteiger partial charge is 0.467 e. The molecule has 1 aromatic rings. The maximum absolute atomic E-state index is 12.0. The number of hydrogen-bond acceptors (Lipinski definition) is 3. The van der Waals surface area contributed by atoms with E-state index in [0.29, 0.717) is 10.7 Å². The molecule has 0 saturated heterocycles. The summed E-state index contributed by atoms with van der Waals surface area (Å²) in [5, 5.41) is 5.86. The molecule has 6 heteroatoms. The molecule has 2 N–H and O–H groups in total. The van der Waals surface area contributed by atoms with Crippen LogP contribution in [-0.4, -0.2) is 25.2 Å². The van der Waals surface area contributed by atoms with Crippen molar-refractivity contribution >= 4 is 29.3 Å². The molecular formula is C15H21ClN2O3. The molecule has 2 amide bonds. The standard InChI is InChI=1S/C15H21ClN2O3/c1-5-9(2)13(14(19)21-4)18-15(20)17-11-7-6-10(3)12(16)8-11/h6-9,13H,5H2,1-4H3,(H2,17,18,20)/t9-,13+/m1/s1. The van der Waals surface area contributed by atoms with E-state index in [-0.39, 0.29) is 5.92 Å². The summed E-state index contributed by atoms with van der Waals surface area (Å²) in [6.45, 7) is 5.70. The Kier molecular flexibility index (Phi) is 6.49. The van der Waals surface area contributed by atoms with E-state index in [1.54, 1.807) is 12.1 Å². The normalized spacial score (nSPS) is 13.2. The van der Waals surface area contributed by atoms with Crippen LogP contribution in [0.2, 0.25) is 5.02 Å². The van der Waals surface area contributed by atoms with Gasteiger partial charge in [-0.1, -0.05) is 37.9 Å². The number of urea groups is 1. The molecule has 0 aliphatic rings. The summed E-state index contributed by atoms with van der Waals surface area (Å²) >= 11 is 6.00. The number of nitrogens with one attached hydrogen (secondary N) is 2. The highest BCUT2D eigenvalue weighted by molar-refractivity contribution is 6.31. The number of aryl methyl sites for hydroxylation is 1. The Labute approximate surface area is 130 Å². The lowest BCUT2D eigenvalue weighted by Crippen LogP contribution is -2.47. The number of methoxy groups -OCH3 is 1. The van der Waals surface area contributed by atoms with E-state index in [2.05, 4.69) is 10.6 Å². The second kappa shape index (κ2) is 7.88. The van der Waals surface area contributed by atoms with E-state index >= 15 is 0 Å². The molecule has 0 aliphatic heterocycles. The van der Waals surface area contributed by atoms with Gasteiger partial charge in [0.2, 0.25) is 0 Å². The monoisotopic (exact) mass is 312 g/mol. The molecule has 0 spiro atoms. The van der Waals surface area contributed by atoms with Gasteiger partial charge in [-0.2, -0.15) is 0 Å². The predicted molar refractivity (Wildman–Crippen MR) is 83.6 cm³/mol. The van der Waals surface area contributed by atoms with E-state index in [0.717, 1.165) is 12.0 Å². The van der Waals surface area contributed by atoms with Crippen molar-refractivity contribution in [1.82, 2.24) is 5.32 Å². The lowest BCUT2D eigenvalue weighted by molar-refractivity contribution is -0.144. The average Bonchev–Trinajstić information content (AvgIpc) is 2.47. The fraction of sp³-hybridized carbons (Fsp3) is 0.467. The zero-order chi connectivity index (χ0) is 16.0. The Hall–Kier alpha value is -1.75. The number of esters is 1. The lowest BCUT2D eigenvalue weighted by atomic mass is 9.99. The molecule has 1 rings (SSSR count). The van der Waals surface area contributed by atoms with Gasteiger partial charge < -0.3 is 15.4 Å². The van der Waals surface area contributed by atoms with Crippen molar-refractivity contribution in [1.29, 1.82) is 0 Å². The van der Waals surface area contributed by atoms with Gasteiger partial charge in [0, 0.05) is 10.7 Å². The first kappa shape index (κ1) is 17.3. The van der Waals surface area contributed by atoms with Gasteiger partial charge in [-0.05, 0) is 30.5 Å². The Morgan fingerprint density at radius 2 is 2.05 bits per heavy atom. The maximum atomic E-state index is 12.0. The first-order valence-corrected chi connectivity index (χ1v) is 7.18. The molecule has 0 aliphatic carbocycles. The number of rotatable bonds is 5. The summed E-state index contributed by atoms with van der Waals surface area (Å²) in [6.07, 6.45) is 0.746. The number of hydrogen-bond donors (Lipinski definition) is 2. The quantitative estimate of drug-likeness (QED) is 0.819. The van der Waals surface area contributed by atoms with Crippen molar-refractivity contribution in [3.63, 3.8) is 0 Å². The highest BCUT2D eigenvalue weighted by Gasteiger charge is 2.26. The van der Waals surface area contributed by atoms with E-state index in [1.165, 1.54) is 7.11 Å². The topological polar surface area (TPSA) is 67.4 Å². The van der Waals surface area contributed by atoms with Crippen LogP contribution in [0, 0.1) is 12.8 Å². The van der Waals surface area contributed by atoms with Crippen LogP contribution < -0.4 is 10.6 Å². The van der Waals surface area contributed by atoms with Crippen LogP contribution in [0.5, 0.6) is 0 Å². The van der Waals surface area contributed by atoms with Crippen molar-refractivity contribution < 1.29 is 14.3 Å². The first-order valence-electron chi connectivity index (χ1n) is 6.80. The van der Waals surface area contributed by atoms with Crippen molar-refractivity contribution in [2.75, 3.05) is 12.4 Å². The Morgan fingerprint density at radius 3 is 2.57 bits per heavy atom. The van der Waals surface area contributed by atoms with Crippen LogP contribution >= 0.6 is 11.6 Å². The smallest absolute Gasteiger partial charge is 0.328 e. The van der Waals surface area contributed by atoms with Crippen LogP contribution in [-0.2, 0) is 9.53 Å².